The quantitative estimate of drug-likeness (QED) is 0.833. The number of rotatable bonds is 4. The first-order valence-electron chi connectivity index (χ1n) is 5.13. The van der Waals surface area contributed by atoms with Crippen LogP contribution in [0.1, 0.15) is 23.2 Å². The van der Waals surface area contributed by atoms with Gasteiger partial charge in [-0.25, -0.2) is 0 Å². The maximum absolute atomic E-state index is 11.8. The van der Waals surface area contributed by atoms with Crippen LogP contribution in [0.2, 0.25) is 5.02 Å². The molecule has 0 spiro atoms. The minimum atomic E-state index is -4.23. The Morgan fingerprint density at radius 1 is 1.39 bits per heavy atom. The molecule has 1 amide bonds. The van der Waals surface area contributed by atoms with Crippen LogP contribution in [0.4, 0.5) is 13.2 Å². The summed E-state index contributed by atoms with van der Waals surface area (Å²) in [5, 5.41) is 11.9. The summed E-state index contributed by atoms with van der Waals surface area (Å²) in [7, 11) is 0. The topological polar surface area (TPSA) is 49.3 Å². The zero-order valence-electron chi connectivity index (χ0n) is 9.22. The Kier molecular flexibility index (Phi) is 4.84. The van der Waals surface area contributed by atoms with Gasteiger partial charge in [-0.05, 0) is 24.6 Å². The maximum Gasteiger partial charge on any atom is 0.389 e. The van der Waals surface area contributed by atoms with E-state index in [-0.39, 0.29) is 29.3 Å². The molecule has 1 aromatic rings. The lowest BCUT2D eigenvalue weighted by Crippen LogP contribution is -2.25. The number of aromatic hydroxyl groups is 1. The minimum Gasteiger partial charge on any atom is -0.507 e. The molecule has 1 aromatic carbocycles. The Hall–Kier alpha value is -1.43. The highest BCUT2D eigenvalue weighted by Crippen LogP contribution is 2.22. The molecule has 0 bridgehead atoms. The van der Waals surface area contributed by atoms with Gasteiger partial charge in [0.25, 0.3) is 5.91 Å². The third-order valence-electron chi connectivity index (χ3n) is 2.13. The van der Waals surface area contributed by atoms with Crippen molar-refractivity contribution < 1.29 is 23.1 Å². The molecule has 0 aliphatic rings. The second-order valence-electron chi connectivity index (χ2n) is 3.64. The number of phenolic OH excluding ortho intramolecular Hbond substituents is 1. The van der Waals surface area contributed by atoms with Crippen molar-refractivity contribution in [3.63, 3.8) is 0 Å². The van der Waals surface area contributed by atoms with Crippen molar-refractivity contribution in [2.75, 3.05) is 6.54 Å². The van der Waals surface area contributed by atoms with E-state index in [1.807, 2.05) is 0 Å². The van der Waals surface area contributed by atoms with Crippen molar-refractivity contribution in [1.82, 2.24) is 5.32 Å². The summed E-state index contributed by atoms with van der Waals surface area (Å²) in [6, 6.07) is 3.89. The maximum atomic E-state index is 11.8. The molecule has 0 saturated heterocycles. The second-order valence-corrected chi connectivity index (χ2v) is 4.07. The van der Waals surface area contributed by atoms with Gasteiger partial charge in [-0.15, -0.1) is 0 Å². The van der Waals surface area contributed by atoms with Gasteiger partial charge in [-0.1, -0.05) is 11.6 Å². The lowest BCUT2D eigenvalue weighted by molar-refractivity contribution is -0.135. The molecule has 18 heavy (non-hydrogen) atoms. The van der Waals surface area contributed by atoms with Crippen LogP contribution in [0.15, 0.2) is 18.2 Å². The molecule has 1 rings (SSSR count). The number of halogens is 4. The number of alkyl halides is 3. The Bertz CT molecular complexity index is 435. The molecule has 0 heterocycles. The summed E-state index contributed by atoms with van der Waals surface area (Å²) >= 11 is 5.64. The van der Waals surface area contributed by atoms with Gasteiger partial charge in [0, 0.05) is 18.0 Å². The molecule has 0 saturated carbocycles. The number of phenols is 1. The van der Waals surface area contributed by atoms with Crippen molar-refractivity contribution in [1.29, 1.82) is 0 Å². The number of hydrogen-bond donors (Lipinski definition) is 2. The Morgan fingerprint density at radius 3 is 2.67 bits per heavy atom. The van der Waals surface area contributed by atoms with Gasteiger partial charge in [0.2, 0.25) is 0 Å². The number of carbonyl (C=O) groups excluding carboxylic acids is 1. The first-order chi connectivity index (χ1) is 8.29. The Balaban J connectivity index is 2.48. The summed E-state index contributed by atoms with van der Waals surface area (Å²) < 4.78 is 35.5. The number of carbonyl (C=O) groups is 1. The third-order valence-corrected chi connectivity index (χ3v) is 2.36. The predicted octanol–water partition coefficient (Wildman–Crippen LogP) is 3.12. The van der Waals surface area contributed by atoms with Crippen LogP contribution < -0.4 is 5.32 Å². The van der Waals surface area contributed by atoms with Crippen LogP contribution in [0.25, 0.3) is 0 Å². The summed E-state index contributed by atoms with van der Waals surface area (Å²) in [6.45, 7) is -0.121. The van der Waals surface area contributed by atoms with Gasteiger partial charge in [-0.2, -0.15) is 13.2 Å². The molecular weight excluding hydrogens is 271 g/mol. The van der Waals surface area contributed by atoms with E-state index in [1.54, 1.807) is 0 Å². The smallest absolute Gasteiger partial charge is 0.389 e. The normalized spacial score (nSPS) is 11.3. The number of nitrogens with one attached hydrogen (secondary N) is 1. The van der Waals surface area contributed by atoms with Crippen LogP contribution in [-0.2, 0) is 0 Å². The summed E-state index contributed by atoms with van der Waals surface area (Å²) in [5.74, 6) is -0.926. The molecule has 0 aliphatic heterocycles. The molecule has 0 atom stereocenters. The van der Waals surface area contributed by atoms with Gasteiger partial charge < -0.3 is 10.4 Å². The molecule has 0 radical (unpaired) electrons. The summed E-state index contributed by atoms with van der Waals surface area (Å²) in [5.41, 5.74) is -0.0606. The third kappa shape index (κ3) is 4.83. The van der Waals surface area contributed by atoms with Crippen LogP contribution in [0.5, 0.6) is 5.75 Å². The Morgan fingerprint density at radius 2 is 2.06 bits per heavy atom. The fraction of sp³-hybridized carbons (Fsp3) is 0.364. The van der Waals surface area contributed by atoms with Crippen LogP contribution in [0.3, 0.4) is 0 Å². The van der Waals surface area contributed by atoms with Crippen molar-refractivity contribution >= 4 is 17.5 Å². The monoisotopic (exact) mass is 281 g/mol. The van der Waals surface area contributed by atoms with Gasteiger partial charge in [0.15, 0.2) is 0 Å². The molecule has 7 heteroatoms. The number of amides is 1. The van der Waals surface area contributed by atoms with E-state index in [1.165, 1.54) is 18.2 Å². The molecule has 0 unspecified atom stereocenters. The zero-order chi connectivity index (χ0) is 13.8. The molecule has 100 valence electrons. The first kappa shape index (κ1) is 14.6. The van der Waals surface area contributed by atoms with Gasteiger partial charge >= 0.3 is 6.18 Å². The second kappa shape index (κ2) is 5.95. The largest absolute Gasteiger partial charge is 0.507 e. The first-order valence-corrected chi connectivity index (χ1v) is 5.51. The number of benzene rings is 1. The number of hydrogen-bond acceptors (Lipinski definition) is 2. The fourth-order valence-electron chi connectivity index (χ4n) is 1.28. The van der Waals surface area contributed by atoms with Crippen molar-refractivity contribution in [2.24, 2.45) is 0 Å². The van der Waals surface area contributed by atoms with Gasteiger partial charge in [0.1, 0.15) is 5.75 Å². The lowest BCUT2D eigenvalue weighted by Gasteiger charge is -2.08. The summed E-state index contributed by atoms with van der Waals surface area (Å²) in [6.07, 6.45) is -5.41. The van der Waals surface area contributed by atoms with Crippen molar-refractivity contribution in [3.05, 3.63) is 28.8 Å². The summed E-state index contributed by atoms with van der Waals surface area (Å²) in [4.78, 5) is 11.5. The van der Waals surface area contributed by atoms with Crippen molar-refractivity contribution in [3.8, 4) is 5.75 Å². The highest BCUT2D eigenvalue weighted by molar-refractivity contribution is 6.31. The van der Waals surface area contributed by atoms with E-state index < -0.39 is 18.5 Å². The molecule has 0 aromatic heterocycles. The van der Waals surface area contributed by atoms with E-state index in [0.717, 1.165) is 0 Å². The van der Waals surface area contributed by atoms with Crippen LogP contribution in [0, 0.1) is 0 Å². The van der Waals surface area contributed by atoms with Crippen LogP contribution >= 0.6 is 11.6 Å². The highest BCUT2D eigenvalue weighted by atomic mass is 35.5. The molecular formula is C11H11ClF3NO2. The van der Waals surface area contributed by atoms with Gasteiger partial charge in [-0.3, -0.25) is 4.79 Å². The lowest BCUT2D eigenvalue weighted by atomic mass is 10.2. The average Bonchev–Trinajstić information content (AvgIpc) is 2.26. The molecule has 3 nitrogen and oxygen atoms in total. The van der Waals surface area contributed by atoms with E-state index in [9.17, 15) is 23.1 Å². The highest BCUT2D eigenvalue weighted by Gasteiger charge is 2.26. The molecule has 2 N–H and O–H groups in total. The molecule has 0 fully saturated rings. The SMILES string of the molecule is O=C(NCCCC(F)(F)F)c1cc(Cl)ccc1O. The van der Waals surface area contributed by atoms with E-state index in [4.69, 9.17) is 11.6 Å². The average molecular weight is 282 g/mol. The van der Waals surface area contributed by atoms with Crippen LogP contribution in [-0.4, -0.2) is 23.7 Å². The fourth-order valence-corrected chi connectivity index (χ4v) is 1.45. The van der Waals surface area contributed by atoms with Crippen molar-refractivity contribution in [2.45, 2.75) is 19.0 Å². The van der Waals surface area contributed by atoms with Gasteiger partial charge in [0.05, 0.1) is 5.56 Å². The predicted molar refractivity (Wildman–Crippen MR) is 60.7 cm³/mol. The standard InChI is InChI=1S/C11H11ClF3NO2/c12-7-2-3-9(17)8(6-7)10(18)16-5-1-4-11(13,14)15/h2-3,6,17H,1,4-5H2,(H,16,18). The Labute approximate surface area is 107 Å². The van der Waals surface area contributed by atoms with E-state index in [2.05, 4.69) is 5.32 Å². The molecule has 0 aliphatic carbocycles. The zero-order valence-corrected chi connectivity index (χ0v) is 9.98. The minimum absolute atomic E-state index is 0.0606. The van der Waals surface area contributed by atoms with E-state index >= 15 is 0 Å². The van der Waals surface area contributed by atoms with E-state index in [0.29, 0.717) is 0 Å².